The number of hydrogen-bond donors (Lipinski definition) is 3. The third-order valence-corrected chi connectivity index (χ3v) is 5.51. The van der Waals surface area contributed by atoms with Gasteiger partial charge in [0, 0.05) is 6.54 Å². The van der Waals surface area contributed by atoms with Crippen LogP contribution >= 0.6 is 11.3 Å². The lowest BCUT2D eigenvalue weighted by Crippen LogP contribution is -2.41. The van der Waals surface area contributed by atoms with Gasteiger partial charge >= 0.3 is 5.97 Å². The molecule has 0 aliphatic heterocycles. The van der Waals surface area contributed by atoms with Gasteiger partial charge in [0.1, 0.15) is 9.09 Å². The summed E-state index contributed by atoms with van der Waals surface area (Å²) in [5.74, 6) is -0.932. The highest BCUT2D eigenvalue weighted by Crippen LogP contribution is 2.22. The minimum atomic E-state index is -3.80. The average Bonchev–Trinajstić information content (AvgIpc) is 2.75. The van der Waals surface area contributed by atoms with Crippen molar-refractivity contribution < 1.29 is 23.4 Å². The van der Waals surface area contributed by atoms with E-state index >= 15 is 0 Å². The molecule has 0 aliphatic carbocycles. The normalized spacial score (nSPS) is 15.2. The molecule has 0 radical (unpaired) electrons. The van der Waals surface area contributed by atoms with Crippen molar-refractivity contribution in [2.75, 3.05) is 6.54 Å². The number of aromatic carboxylic acids is 1. The maximum Gasteiger partial charge on any atom is 0.345 e. The van der Waals surface area contributed by atoms with E-state index in [1.165, 1.54) is 12.1 Å². The van der Waals surface area contributed by atoms with Crippen LogP contribution in [-0.4, -0.2) is 36.7 Å². The Morgan fingerprint density at radius 3 is 2.50 bits per heavy atom. The molecule has 1 unspecified atom stereocenters. The van der Waals surface area contributed by atoms with Crippen molar-refractivity contribution in [1.29, 1.82) is 0 Å². The van der Waals surface area contributed by atoms with Gasteiger partial charge < -0.3 is 10.2 Å². The molecular formula is C12H19NO5S2. The quantitative estimate of drug-likeness (QED) is 0.706. The number of sulfonamides is 1. The van der Waals surface area contributed by atoms with Crippen LogP contribution in [0.15, 0.2) is 16.3 Å². The summed E-state index contributed by atoms with van der Waals surface area (Å²) < 4.78 is 26.2. The van der Waals surface area contributed by atoms with Crippen molar-refractivity contribution in [3.8, 4) is 0 Å². The number of carboxylic acid groups (broad SMARTS) is 1. The molecule has 0 saturated carbocycles. The fourth-order valence-corrected chi connectivity index (χ4v) is 4.20. The average molecular weight is 321 g/mol. The van der Waals surface area contributed by atoms with Crippen molar-refractivity contribution in [2.45, 2.75) is 37.0 Å². The molecule has 0 fully saturated rings. The summed E-state index contributed by atoms with van der Waals surface area (Å²) in [5, 5.41) is 18.8. The molecular weight excluding hydrogens is 302 g/mol. The minimum Gasteiger partial charge on any atom is -0.477 e. The molecule has 0 saturated heterocycles. The van der Waals surface area contributed by atoms with E-state index < -0.39 is 21.6 Å². The molecule has 1 heterocycles. The van der Waals surface area contributed by atoms with E-state index in [1.807, 2.05) is 13.8 Å². The summed E-state index contributed by atoms with van der Waals surface area (Å²) >= 11 is 0.681. The Kier molecular flexibility index (Phi) is 5.31. The maximum absolute atomic E-state index is 12.0. The Balaban J connectivity index is 2.77. The predicted octanol–water partition coefficient (Wildman–Crippen LogP) is 1.52. The molecule has 20 heavy (non-hydrogen) atoms. The molecule has 6 nitrogen and oxygen atoms in total. The van der Waals surface area contributed by atoms with Crippen LogP contribution in [0.5, 0.6) is 0 Å². The molecule has 0 amide bonds. The fourth-order valence-electron chi connectivity index (χ4n) is 1.85. The van der Waals surface area contributed by atoms with E-state index in [0.29, 0.717) is 17.8 Å². The first-order valence-electron chi connectivity index (χ1n) is 6.09. The lowest BCUT2D eigenvalue weighted by atomic mass is 9.95. The van der Waals surface area contributed by atoms with Gasteiger partial charge in [-0.05, 0) is 31.4 Å². The maximum atomic E-state index is 12.0. The highest BCUT2D eigenvalue weighted by molar-refractivity contribution is 7.91. The van der Waals surface area contributed by atoms with Gasteiger partial charge in [-0.15, -0.1) is 11.3 Å². The molecule has 1 aromatic rings. The monoisotopic (exact) mass is 321 g/mol. The van der Waals surface area contributed by atoms with Gasteiger partial charge in [-0.2, -0.15) is 0 Å². The number of aliphatic hydroxyl groups is 1. The van der Waals surface area contributed by atoms with E-state index in [4.69, 9.17) is 5.11 Å². The zero-order chi connectivity index (χ0) is 15.6. The van der Waals surface area contributed by atoms with Crippen molar-refractivity contribution >= 4 is 27.3 Å². The number of carboxylic acids is 1. The van der Waals surface area contributed by atoms with E-state index in [2.05, 4.69) is 4.72 Å². The molecule has 3 N–H and O–H groups in total. The van der Waals surface area contributed by atoms with Gasteiger partial charge in [-0.25, -0.2) is 17.9 Å². The van der Waals surface area contributed by atoms with Crippen LogP contribution in [0, 0.1) is 5.92 Å². The van der Waals surface area contributed by atoms with Crippen LogP contribution in [0.3, 0.4) is 0 Å². The highest BCUT2D eigenvalue weighted by Gasteiger charge is 2.26. The third-order valence-electron chi connectivity index (χ3n) is 2.55. The standard InChI is InChI=1S/C12H19NO5S2/c1-8(2)6-12(3,16)7-13-20(17,18)10-5-4-9(19-10)11(14)15/h4-5,8,13,16H,6-7H2,1-3H3,(H,14,15). The topological polar surface area (TPSA) is 104 Å². The van der Waals surface area contributed by atoms with Gasteiger partial charge in [0.2, 0.25) is 10.0 Å². The lowest BCUT2D eigenvalue weighted by molar-refractivity contribution is 0.0436. The molecule has 0 aliphatic rings. The van der Waals surface area contributed by atoms with Gasteiger partial charge in [0.05, 0.1) is 5.60 Å². The first-order valence-corrected chi connectivity index (χ1v) is 8.39. The number of nitrogens with one attached hydrogen (secondary N) is 1. The fraction of sp³-hybridized carbons (Fsp3) is 0.583. The highest BCUT2D eigenvalue weighted by atomic mass is 32.2. The molecule has 0 bridgehead atoms. The first-order chi connectivity index (χ1) is 9.03. The lowest BCUT2D eigenvalue weighted by Gasteiger charge is -2.25. The zero-order valence-corrected chi connectivity index (χ0v) is 13.2. The van der Waals surface area contributed by atoms with Crippen LogP contribution in [0.2, 0.25) is 0 Å². The SMILES string of the molecule is CC(C)CC(C)(O)CNS(=O)(=O)c1ccc(C(=O)O)s1. The summed E-state index contributed by atoms with van der Waals surface area (Å²) in [7, 11) is -3.80. The van der Waals surface area contributed by atoms with E-state index in [9.17, 15) is 18.3 Å². The van der Waals surface area contributed by atoms with Crippen LogP contribution < -0.4 is 4.72 Å². The van der Waals surface area contributed by atoms with Crippen LogP contribution in [-0.2, 0) is 10.0 Å². The minimum absolute atomic E-state index is 0.0423. The Hall–Kier alpha value is -0.960. The smallest absolute Gasteiger partial charge is 0.345 e. The summed E-state index contributed by atoms with van der Waals surface area (Å²) in [5.41, 5.74) is -1.14. The van der Waals surface area contributed by atoms with E-state index in [0.717, 1.165) is 0 Å². The Morgan fingerprint density at radius 2 is 2.05 bits per heavy atom. The number of carbonyl (C=O) groups is 1. The second kappa shape index (κ2) is 6.21. The summed E-state index contributed by atoms with van der Waals surface area (Å²) in [6.07, 6.45) is 0.459. The Bertz CT molecular complexity index is 574. The molecule has 1 atom stereocenters. The second-order valence-electron chi connectivity index (χ2n) is 5.34. The summed E-state index contributed by atoms with van der Waals surface area (Å²) in [6.45, 7) is 5.31. The molecule has 114 valence electrons. The largest absolute Gasteiger partial charge is 0.477 e. The van der Waals surface area contributed by atoms with Gasteiger partial charge in [0.15, 0.2) is 0 Å². The Morgan fingerprint density at radius 1 is 1.45 bits per heavy atom. The Labute approximate surface area is 122 Å². The first kappa shape index (κ1) is 17.1. The summed E-state index contributed by atoms with van der Waals surface area (Å²) in [4.78, 5) is 10.7. The second-order valence-corrected chi connectivity index (χ2v) is 8.42. The number of rotatable bonds is 7. The molecule has 0 spiro atoms. The molecule has 1 aromatic heterocycles. The van der Waals surface area contributed by atoms with Crippen molar-refractivity contribution in [3.05, 3.63) is 17.0 Å². The molecule has 1 rings (SSSR count). The van der Waals surface area contributed by atoms with Crippen LogP contribution in [0.4, 0.5) is 0 Å². The van der Waals surface area contributed by atoms with Crippen LogP contribution in [0.1, 0.15) is 36.9 Å². The van der Waals surface area contributed by atoms with Crippen LogP contribution in [0.25, 0.3) is 0 Å². The summed E-state index contributed by atoms with van der Waals surface area (Å²) in [6, 6.07) is 2.49. The molecule has 8 heteroatoms. The van der Waals surface area contributed by atoms with Crippen molar-refractivity contribution in [2.24, 2.45) is 5.92 Å². The number of hydrogen-bond acceptors (Lipinski definition) is 5. The van der Waals surface area contributed by atoms with Gasteiger partial charge in [-0.3, -0.25) is 0 Å². The predicted molar refractivity (Wildman–Crippen MR) is 76.5 cm³/mol. The number of thiophene rings is 1. The van der Waals surface area contributed by atoms with E-state index in [1.54, 1.807) is 6.92 Å². The van der Waals surface area contributed by atoms with Crippen molar-refractivity contribution in [1.82, 2.24) is 4.72 Å². The van der Waals surface area contributed by atoms with Gasteiger partial charge in [-0.1, -0.05) is 13.8 Å². The molecule has 0 aromatic carbocycles. The zero-order valence-electron chi connectivity index (χ0n) is 11.6. The third kappa shape index (κ3) is 4.86. The van der Waals surface area contributed by atoms with Crippen molar-refractivity contribution in [3.63, 3.8) is 0 Å². The van der Waals surface area contributed by atoms with Gasteiger partial charge in [0.25, 0.3) is 0 Å². The van der Waals surface area contributed by atoms with E-state index in [-0.39, 0.29) is 21.5 Å².